The van der Waals surface area contributed by atoms with E-state index in [0.717, 1.165) is 27.8 Å². The Morgan fingerprint density at radius 3 is 2.49 bits per heavy atom. The largest absolute Gasteiger partial charge is 0.493 e. The Morgan fingerprint density at radius 1 is 1.03 bits per heavy atom. The third-order valence-electron chi connectivity index (χ3n) is 6.02. The van der Waals surface area contributed by atoms with Gasteiger partial charge in [0.1, 0.15) is 6.54 Å². The van der Waals surface area contributed by atoms with Gasteiger partial charge in [0.05, 0.1) is 20.8 Å². The highest BCUT2D eigenvalue weighted by Gasteiger charge is 2.35. The predicted octanol–water partition coefficient (Wildman–Crippen LogP) is 5.40. The molecule has 8 heteroatoms. The summed E-state index contributed by atoms with van der Waals surface area (Å²) in [7, 11) is 3.23. The molecule has 0 spiro atoms. The van der Waals surface area contributed by atoms with E-state index in [1.165, 1.54) is 0 Å². The lowest BCUT2D eigenvalue weighted by molar-refractivity contribution is -0.132. The lowest BCUT2D eigenvalue weighted by Crippen LogP contribution is -2.44. The number of halogens is 1. The second-order valence-corrected chi connectivity index (χ2v) is 10.5. The van der Waals surface area contributed by atoms with Gasteiger partial charge in [-0.3, -0.25) is 9.59 Å². The van der Waals surface area contributed by atoms with Crippen molar-refractivity contribution in [3.05, 3.63) is 80.5 Å². The number of hydrogen-bond acceptors (Lipinski definition) is 5. The zero-order valence-electron chi connectivity index (χ0n) is 19.9. The number of amides is 2. The minimum absolute atomic E-state index is 0.0471. The molecular weight excluding hydrogens is 528 g/mol. The maximum absolute atomic E-state index is 13.5. The van der Waals surface area contributed by atoms with Crippen LogP contribution in [0, 0.1) is 0 Å². The number of rotatable bonds is 11. The van der Waals surface area contributed by atoms with Crippen LogP contribution in [0.25, 0.3) is 0 Å². The molecule has 2 aromatic carbocycles. The molecule has 1 heterocycles. The fourth-order valence-corrected chi connectivity index (χ4v) is 5.09. The first kappa shape index (κ1) is 25.3. The lowest BCUT2D eigenvalue weighted by atomic mass is 10.1. The fourth-order valence-electron chi connectivity index (χ4n) is 3.97. The molecule has 0 unspecified atom stereocenters. The average molecular weight is 558 g/mol. The Labute approximate surface area is 218 Å². The first-order valence-corrected chi connectivity index (χ1v) is 13.2. The van der Waals surface area contributed by atoms with Crippen LogP contribution in [0.4, 0.5) is 0 Å². The molecular formula is C27H29BrN2O4S. The summed E-state index contributed by atoms with van der Waals surface area (Å²) < 4.78 is 11.6. The van der Waals surface area contributed by atoms with Gasteiger partial charge in [0.25, 0.3) is 5.91 Å². The molecule has 1 fully saturated rings. The lowest BCUT2D eigenvalue weighted by Gasteiger charge is -2.28. The Kier molecular flexibility index (Phi) is 8.46. The maximum atomic E-state index is 13.5. The Bertz CT molecular complexity index is 1160. The molecule has 35 heavy (non-hydrogen) atoms. The summed E-state index contributed by atoms with van der Waals surface area (Å²) in [6.45, 7) is 1.14. The normalized spacial score (nSPS) is 12.8. The molecule has 1 aromatic heterocycles. The molecule has 0 radical (unpaired) electrons. The topological polar surface area (TPSA) is 59.1 Å². The van der Waals surface area contributed by atoms with Gasteiger partial charge in [-0.1, -0.05) is 34.1 Å². The van der Waals surface area contributed by atoms with Crippen molar-refractivity contribution in [3.63, 3.8) is 0 Å². The van der Waals surface area contributed by atoms with E-state index in [4.69, 9.17) is 9.47 Å². The molecule has 6 nitrogen and oxygen atoms in total. The van der Waals surface area contributed by atoms with Crippen molar-refractivity contribution >= 4 is 39.1 Å². The number of methoxy groups -OCH3 is 2. The monoisotopic (exact) mass is 556 g/mol. The highest BCUT2D eigenvalue weighted by atomic mass is 79.9. The fraction of sp³-hybridized carbons (Fsp3) is 0.333. The summed E-state index contributed by atoms with van der Waals surface area (Å²) in [6, 6.07) is 17.3. The number of carbonyl (C=O) groups is 2. The third-order valence-corrected chi connectivity index (χ3v) is 7.38. The minimum atomic E-state index is -0.0990. The SMILES string of the molecule is COc1ccc(CCN(Cc2cccs2)C(=O)CN(C(=O)c2cccc(Br)c2)C2CC2)cc1OC. The standard InChI is InChI=1S/C27H29BrN2O4S/c1-33-24-11-8-19(15-25(24)34-2)12-13-29(17-23-7-4-14-35-23)26(31)18-30(22-9-10-22)27(32)20-5-3-6-21(28)16-20/h3-8,11,14-16,22H,9-10,12-13,17-18H2,1-2H3. The van der Waals surface area contributed by atoms with Crippen molar-refractivity contribution < 1.29 is 19.1 Å². The molecule has 2 amide bonds. The van der Waals surface area contributed by atoms with E-state index in [2.05, 4.69) is 15.9 Å². The maximum Gasteiger partial charge on any atom is 0.254 e. The van der Waals surface area contributed by atoms with Crippen molar-refractivity contribution in [2.24, 2.45) is 0 Å². The summed E-state index contributed by atoms with van der Waals surface area (Å²) in [5.41, 5.74) is 1.64. The Morgan fingerprint density at radius 2 is 1.83 bits per heavy atom. The molecule has 184 valence electrons. The van der Waals surface area contributed by atoms with Crippen LogP contribution in [0.1, 0.15) is 33.6 Å². The van der Waals surface area contributed by atoms with Crippen LogP contribution in [0.5, 0.6) is 11.5 Å². The number of ether oxygens (including phenoxy) is 2. The van der Waals surface area contributed by atoms with Gasteiger partial charge in [0, 0.05) is 27.5 Å². The zero-order valence-corrected chi connectivity index (χ0v) is 22.3. The van der Waals surface area contributed by atoms with Gasteiger partial charge in [-0.15, -0.1) is 11.3 Å². The zero-order chi connectivity index (χ0) is 24.8. The second-order valence-electron chi connectivity index (χ2n) is 8.51. The van der Waals surface area contributed by atoms with Crippen LogP contribution in [-0.4, -0.2) is 55.0 Å². The van der Waals surface area contributed by atoms with Crippen molar-refractivity contribution in [1.82, 2.24) is 9.80 Å². The molecule has 1 aliphatic rings. The molecule has 1 aliphatic carbocycles. The van der Waals surface area contributed by atoms with Crippen LogP contribution < -0.4 is 9.47 Å². The number of hydrogen-bond donors (Lipinski definition) is 0. The molecule has 0 atom stereocenters. The first-order chi connectivity index (χ1) is 17.0. The smallest absolute Gasteiger partial charge is 0.254 e. The quantitative estimate of drug-likeness (QED) is 0.317. The van der Waals surface area contributed by atoms with E-state index < -0.39 is 0 Å². The molecule has 0 bridgehead atoms. The van der Waals surface area contributed by atoms with Crippen molar-refractivity contribution in [2.45, 2.75) is 31.8 Å². The Hall–Kier alpha value is -2.84. The van der Waals surface area contributed by atoms with Crippen molar-refractivity contribution in [3.8, 4) is 11.5 Å². The van der Waals surface area contributed by atoms with E-state index in [1.54, 1.807) is 36.5 Å². The van der Waals surface area contributed by atoms with Crippen LogP contribution in [0.2, 0.25) is 0 Å². The second kappa shape index (κ2) is 11.7. The van der Waals surface area contributed by atoms with E-state index in [0.29, 0.717) is 36.6 Å². The van der Waals surface area contributed by atoms with Crippen LogP contribution in [-0.2, 0) is 17.8 Å². The number of nitrogens with zero attached hydrogens (tertiary/aromatic N) is 2. The van der Waals surface area contributed by atoms with Gasteiger partial charge in [-0.25, -0.2) is 0 Å². The Balaban J connectivity index is 1.49. The molecule has 0 aliphatic heterocycles. The van der Waals surface area contributed by atoms with Gasteiger partial charge >= 0.3 is 0 Å². The first-order valence-electron chi connectivity index (χ1n) is 11.6. The molecule has 1 saturated carbocycles. The highest BCUT2D eigenvalue weighted by Crippen LogP contribution is 2.30. The van der Waals surface area contributed by atoms with Crippen molar-refractivity contribution in [2.75, 3.05) is 27.3 Å². The predicted molar refractivity (Wildman–Crippen MR) is 141 cm³/mol. The van der Waals surface area contributed by atoms with Crippen molar-refractivity contribution in [1.29, 1.82) is 0 Å². The highest BCUT2D eigenvalue weighted by molar-refractivity contribution is 9.10. The van der Waals surface area contributed by atoms with Gasteiger partial charge in [0.2, 0.25) is 5.91 Å². The number of benzene rings is 2. The van der Waals surface area contributed by atoms with E-state index in [-0.39, 0.29) is 24.4 Å². The van der Waals surface area contributed by atoms with Crippen LogP contribution >= 0.6 is 27.3 Å². The molecule has 0 saturated heterocycles. The summed E-state index contributed by atoms with van der Waals surface area (Å²) in [6.07, 6.45) is 2.54. The molecule has 4 rings (SSSR count). The van der Waals surface area contributed by atoms with Crippen LogP contribution in [0.15, 0.2) is 64.5 Å². The summed E-state index contributed by atoms with van der Waals surface area (Å²) in [4.78, 5) is 31.5. The molecule has 0 N–H and O–H groups in total. The van der Waals surface area contributed by atoms with Crippen LogP contribution in [0.3, 0.4) is 0 Å². The van der Waals surface area contributed by atoms with E-state index in [1.807, 2.05) is 58.8 Å². The van der Waals surface area contributed by atoms with Gasteiger partial charge < -0.3 is 19.3 Å². The summed E-state index contributed by atoms with van der Waals surface area (Å²) >= 11 is 5.07. The third kappa shape index (κ3) is 6.64. The number of thiophene rings is 1. The van der Waals surface area contributed by atoms with Gasteiger partial charge in [0.15, 0.2) is 11.5 Å². The average Bonchev–Trinajstić information content (AvgIpc) is 3.59. The van der Waals surface area contributed by atoms with Gasteiger partial charge in [-0.2, -0.15) is 0 Å². The molecule has 3 aromatic rings. The minimum Gasteiger partial charge on any atom is -0.493 e. The number of carbonyl (C=O) groups excluding carboxylic acids is 2. The van der Waals surface area contributed by atoms with E-state index >= 15 is 0 Å². The van der Waals surface area contributed by atoms with E-state index in [9.17, 15) is 9.59 Å². The summed E-state index contributed by atoms with van der Waals surface area (Å²) in [5, 5.41) is 2.01. The van der Waals surface area contributed by atoms with Gasteiger partial charge in [-0.05, 0) is 66.6 Å². The summed E-state index contributed by atoms with van der Waals surface area (Å²) in [5.74, 6) is 1.20.